The van der Waals surface area contributed by atoms with Gasteiger partial charge in [-0.2, -0.15) is 5.26 Å². The number of sulfone groups is 1. The van der Waals surface area contributed by atoms with Crippen molar-refractivity contribution in [3.63, 3.8) is 0 Å². The van der Waals surface area contributed by atoms with Crippen molar-refractivity contribution >= 4 is 15.8 Å². The molecular formula is C14H13FN4O2S. The lowest BCUT2D eigenvalue weighted by molar-refractivity contribution is 0.596. The highest BCUT2D eigenvalue weighted by Crippen LogP contribution is 2.19. The maximum absolute atomic E-state index is 13.0. The number of rotatable bonds is 5. The van der Waals surface area contributed by atoms with Gasteiger partial charge in [-0.3, -0.25) is 0 Å². The Morgan fingerprint density at radius 3 is 2.36 bits per heavy atom. The van der Waals surface area contributed by atoms with E-state index < -0.39 is 21.7 Å². The summed E-state index contributed by atoms with van der Waals surface area (Å²) in [5.41, 5.74) is 0.895. The van der Waals surface area contributed by atoms with Gasteiger partial charge in [0.25, 0.3) is 0 Å². The summed E-state index contributed by atoms with van der Waals surface area (Å²) in [7, 11) is -3.28. The van der Waals surface area contributed by atoms with Gasteiger partial charge in [-0.1, -0.05) is 12.1 Å². The van der Waals surface area contributed by atoms with Gasteiger partial charge in [0.15, 0.2) is 0 Å². The van der Waals surface area contributed by atoms with Gasteiger partial charge in [-0.25, -0.2) is 22.8 Å². The van der Waals surface area contributed by atoms with Crippen LogP contribution in [0, 0.1) is 17.1 Å². The number of aromatic nitrogens is 2. The Labute approximate surface area is 127 Å². The van der Waals surface area contributed by atoms with Gasteiger partial charge in [0, 0.05) is 6.26 Å². The van der Waals surface area contributed by atoms with Crippen molar-refractivity contribution < 1.29 is 12.8 Å². The summed E-state index contributed by atoms with van der Waals surface area (Å²) in [6, 6.07) is 6.79. The summed E-state index contributed by atoms with van der Waals surface area (Å²) in [4.78, 5) is 7.90. The van der Waals surface area contributed by atoms with Crippen LogP contribution < -0.4 is 5.32 Å². The molecule has 8 heteroatoms. The molecule has 0 aliphatic heterocycles. The van der Waals surface area contributed by atoms with E-state index in [4.69, 9.17) is 5.26 Å². The van der Waals surface area contributed by atoms with Crippen LogP contribution in [0.25, 0.3) is 0 Å². The smallest absolute Gasteiger partial charge is 0.223 e. The van der Waals surface area contributed by atoms with Crippen LogP contribution in [0.2, 0.25) is 0 Å². The third kappa shape index (κ3) is 4.49. The van der Waals surface area contributed by atoms with E-state index in [2.05, 4.69) is 15.3 Å². The molecule has 2 rings (SSSR count). The number of nitrogens with one attached hydrogen (secondary N) is 1. The maximum Gasteiger partial charge on any atom is 0.223 e. The number of hydrogen-bond donors (Lipinski definition) is 1. The van der Waals surface area contributed by atoms with Crippen molar-refractivity contribution in [2.75, 3.05) is 17.3 Å². The van der Waals surface area contributed by atoms with Crippen LogP contribution in [-0.4, -0.2) is 30.4 Å². The first-order valence-electron chi connectivity index (χ1n) is 6.29. The van der Waals surface area contributed by atoms with Crippen molar-refractivity contribution in [2.24, 2.45) is 0 Å². The van der Waals surface area contributed by atoms with E-state index in [1.807, 2.05) is 6.07 Å². The van der Waals surface area contributed by atoms with Gasteiger partial charge in [0.1, 0.15) is 21.7 Å². The van der Waals surface area contributed by atoms with E-state index in [9.17, 15) is 12.8 Å². The molecule has 0 amide bonds. The number of halogens is 1. The summed E-state index contributed by atoms with van der Waals surface area (Å²) in [6.07, 6.45) is 3.78. The van der Waals surface area contributed by atoms with E-state index in [-0.39, 0.29) is 11.7 Å². The van der Waals surface area contributed by atoms with E-state index in [1.54, 1.807) is 0 Å². The standard InChI is InChI=1S/C14H13FN4O2S/c1-22(20,21)9-13(11-2-4-12(15)5-3-11)19-14-17-7-10(6-16)8-18-14/h2-5,7-8,13H,9H2,1H3,(H,17,18,19). The highest BCUT2D eigenvalue weighted by atomic mass is 32.2. The fourth-order valence-electron chi connectivity index (χ4n) is 1.84. The molecule has 0 radical (unpaired) electrons. The van der Waals surface area contributed by atoms with Crippen LogP contribution in [0.5, 0.6) is 0 Å². The molecule has 0 fully saturated rings. The van der Waals surface area contributed by atoms with Crippen LogP contribution in [0.3, 0.4) is 0 Å². The van der Waals surface area contributed by atoms with Crippen molar-refractivity contribution in [1.82, 2.24) is 9.97 Å². The summed E-state index contributed by atoms with van der Waals surface area (Å²) in [5.74, 6) is -0.407. The highest BCUT2D eigenvalue weighted by molar-refractivity contribution is 7.90. The maximum atomic E-state index is 13.0. The van der Waals surface area contributed by atoms with Crippen LogP contribution in [0.4, 0.5) is 10.3 Å². The van der Waals surface area contributed by atoms with Gasteiger partial charge >= 0.3 is 0 Å². The molecule has 1 heterocycles. The Hall–Kier alpha value is -2.53. The topological polar surface area (TPSA) is 95.7 Å². The molecule has 22 heavy (non-hydrogen) atoms. The molecule has 1 N–H and O–H groups in total. The normalized spacial score (nSPS) is 12.4. The van der Waals surface area contributed by atoms with Gasteiger partial charge in [-0.05, 0) is 17.7 Å². The molecule has 0 aliphatic rings. The number of anilines is 1. The third-order valence-corrected chi connectivity index (χ3v) is 3.76. The molecule has 0 aliphatic carbocycles. The lowest BCUT2D eigenvalue weighted by Crippen LogP contribution is -2.21. The zero-order valence-electron chi connectivity index (χ0n) is 11.7. The molecule has 0 bridgehead atoms. The van der Waals surface area contributed by atoms with Gasteiger partial charge in [0.2, 0.25) is 5.95 Å². The van der Waals surface area contributed by atoms with E-state index in [0.29, 0.717) is 11.1 Å². The first kappa shape index (κ1) is 15.9. The Bertz CT molecular complexity index is 783. The Morgan fingerprint density at radius 2 is 1.86 bits per heavy atom. The summed E-state index contributed by atoms with van der Waals surface area (Å²) in [6.45, 7) is 0. The average molecular weight is 320 g/mol. The minimum absolute atomic E-state index is 0.192. The molecule has 1 aromatic carbocycles. The zero-order valence-corrected chi connectivity index (χ0v) is 12.5. The largest absolute Gasteiger partial charge is 0.346 e. The predicted octanol–water partition coefficient (Wildman–Crippen LogP) is 1.69. The van der Waals surface area contributed by atoms with E-state index in [0.717, 1.165) is 6.26 Å². The first-order chi connectivity index (χ1) is 10.4. The quantitative estimate of drug-likeness (QED) is 0.900. The van der Waals surface area contributed by atoms with Gasteiger partial charge < -0.3 is 5.32 Å². The number of nitriles is 1. The van der Waals surface area contributed by atoms with Crippen LogP contribution >= 0.6 is 0 Å². The van der Waals surface area contributed by atoms with Crippen LogP contribution in [-0.2, 0) is 9.84 Å². The second kappa shape index (κ2) is 6.49. The summed E-state index contributed by atoms with van der Waals surface area (Å²) in [5, 5.41) is 11.6. The van der Waals surface area contributed by atoms with Crippen LogP contribution in [0.1, 0.15) is 17.2 Å². The number of benzene rings is 1. The van der Waals surface area contributed by atoms with Gasteiger partial charge in [0.05, 0.1) is 29.8 Å². The number of nitrogens with zero attached hydrogens (tertiary/aromatic N) is 3. The SMILES string of the molecule is CS(=O)(=O)CC(Nc1ncc(C#N)cn1)c1ccc(F)cc1. The highest BCUT2D eigenvalue weighted by Gasteiger charge is 2.18. The summed E-state index contributed by atoms with van der Waals surface area (Å²) >= 11 is 0. The van der Waals surface area contributed by atoms with Crippen LogP contribution in [0.15, 0.2) is 36.7 Å². The number of hydrogen-bond acceptors (Lipinski definition) is 6. The fourth-order valence-corrected chi connectivity index (χ4v) is 2.72. The molecule has 1 atom stereocenters. The Balaban J connectivity index is 2.27. The zero-order chi connectivity index (χ0) is 16.2. The second-order valence-corrected chi connectivity index (χ2v) is 6.93. The monoisotopic (exact) mass is 320 g/mol. The third-order valence-electron chi connectivity index (χ3n) is 2.83. The van der Waals surface area contributed by atoms with E-state index in [1.165, 1.54) is 36.7 Å². The van der Waals surface area contributed by atoms with Crippen molar-refractivity contribution in [2.45, 2.75) is 6.04 Å². The molecule has 1 unspecified atom stereocenters. The van der Waals surface area contributed by atoms with Crippen molar-refractivity contribution in [3.8, 4) is 6.07 Å². The lowest BCUT2D eigenvalue weighted by Gasteiger charge is -2.18. The van der Waals surface area contributed by atoms with Gasteiger partial charge in [-0.15, -0.1) is 0 Å². The molecule has 114 valence electrons. The first-order valence-corrected chi connectivity index (χ1v) is 8.35. The molecule has 0 saturated heterocycles. The molecule has 0 saturated carbocycles. The minimum Gasteiger partial charge on any atom is -0.346 e. The Morgan fingerprint density at radius 1 is 1.27 bits per heavy atom. The Kier molecular flexibility index (Phi) is 4.68. The predicted molar refractivity (Wildman–Crippen MR) is 79.2 cm³/mol. The van der Waals surface area contributed by atoms with Crippen molar-refractivity contribution in [3.05, 3.63) is 53.6 Å². The van der Waals surface area contributed by atoms with E-state index >= 15 is 0 Å². The fraction of sp³-hybridized carbons (Fsp3) is 0.214. The summed E-state index contributed by atoms with van der Waals surface area (Å²) < 4.78 is 36.2. The average Bonchev–Trinajstić information content (AvgIpc) is 2.47. The molecule has 1 aromatic heterocycles. The molecule has 2 aromatic rings. The minimum atomic E-state index is -3.28. The van der Waals surface area contributed by atoms with Crippen molar-refractivity contribution in [1.29, 1.82) is 5.26 Å². The molecule has 0 spiro atoms. The second-order valence-electron chi connectivity index (χ2n) is 4.75. The lowest BCUT2D eigenvalue weighted by atomic mass is 10.1. The molecular weight excluding hydrogens is 307 g/mol. The molecule has 6 nitrogen and oxygen atoms in total.